The van der Waals surface area contributed by atoms with Crippen LogP contribution in [0.3, 0.4) is 0 Å². The highest BCUT2D eigenvalue weighted by atomic mass is 16.3. The van der Waals surface area contributed by atoms with E-state index in [1.165, 1.54) is 0 Å². The van der Waals surface area contributed by atoms with Crippen molar-refractivity contribution in [2.45, 2.75) is 37.8 Å². The van der Waals surface area contributed by atoms with E-state index in [0.29, 0.717) is 57.4 Å². The number of nitrogens with two attached hydrogens (primary N) is 1. The number of likely N-dealkylation sites (tertiary alicyclic amines) is 1. The predicted octanol–water partition coefficient (Wildman–Crippen LogP) is 2.94. The van der Waals surface area contributed by atoms with Crippen LogP contribution in [0.4, 0.5) is 5.69 Å². The van der Waals surface area contributed by atoms with Gasteiger partial charge in [0.2, 0.25) is 5.91 Å². The fraction of sp³-hybridized carbons (Fsp3) is 0.379. The van der Waals surface area contributed by atoms with Gasteiger partial charge in [-0.2, -0.15) is 5.10 Å². The van der Waals surface area contributed by atoms with Crippen molar-refractivity contribution in [1.82, 2.24) is 19.6 Å². The fourth-order valence-corrected chi connectivity index (χ4v) is 4.91. The van der Waals surface area contributed by atoms with Crippen LogP contribution in [0.1, 0.15) is 40.9 Å². The van der Waals surface area contributed by atoms with Crippen molar-refractivity contribution >= 4 is 24.2 Å². The lowest BCUT2D eigenvalue weighted by atomic mass is 9.90. The Morgan fingerprint density at radius 2 is 1.82 bits per heavy atom. The summed E-state index contributed by atoms with van der Waals surface area (Å²) >= 11 is 0. The van der Waals surface area contributed by atoms with E-state index < -0.39 is 5.60 Å². The average Bonchev–Trinajstić information content (AvgIpc) is 3.26. The molecule has 1 aliphatic heterocycles. The summed E-state index contributed by atoms with van der Waals surface area (Å²) in [4.78, 5) is 32.6. The summed E-state index contributed by atoms with van der Waals surface area (Å²) in [5.74, 6) is 0.121. The van der Waals surface area contributed by atoms with Gasteiger partial charge in [0, 0.05) is 52.3 Å². The van der Waals surface area contributed by atoms with Crippen molar-refractivity contribution in [2.75, 3.05) is 26.7 Å². The number of amides is 1. The minimum absolute atomic E-state index is 0.121. The third-order valence-electron chi connectivity index (χ3n) is 7.07. The Kier molecular flexibility index (Phi) is 8.70. The predicted molar refractivity (Wildman–Crippen MR) is 148 cm³/mol. The van der Waals surface area contributed by atoms with E-state index in [-0.39, 0.29) is 11.6 Å². The van der Waals surface area contributed by atoms with Gasteiger partial charge in [0.15, 0.2) is 12.0 Å². The van der Waals surface area contributed by atoms with Gasteiger partial charge >= 0.3 is 0 Å². The summed E-state index contributed by atoms with van der Waals surface area (Å²) < 4.78 is 1.64. The second kappa shape index (κ2) is 12.1. The molecule has 0 saturated carbocycles. The Bertz CT molecular complexity index is 1260. The number of carbonyl (C=O) groups excluding carboxylic acids is 2. The average molecular weight is 517 g/mol. The molecule has 1 amide bonds. The largest absolute Gasteiger partial charge is 0.388 e. The highest BCUT2D eigenvalue weighted by molar-refractivity contribution is 5.89. The number of rotatable bonds is 10. The Morgan fingerprint density at radius 1 is 1.13 bits per heavy atom. The topological polar surface area (TPSA) is 117 Å². The zero-order chi connectivity index (χ0) is 27.1. The molecule has 0 spiro atoms. The summed E-state index contributed by atoms with van der Waals surface area (Å²) in [6.07, 6.45) is 4.49. The number of hydrogen-bond acceptors (Lipinski definition) is 6. The zero-order valence-electron chi connectivity index (χ0n) is 22.1. The maximum Gasteiger partial charge on any atom is 0.222 e. The van der Waals surface area contributed by atoms with Gasteiger partial charge in [-0.05, 0) is 30.4 Å². The van der Waals surface area contributed by atoms with Gasteiger partial charge in [0.1, 0.15) is 5.69 Å². The molecule has 2 heterocycles. The summed E-state index contributed by atoms with van der Waals surface area (Å²) in [6, 6.07) is 17.8. The van der Waals surface area contributed by atoms with Gasteiger partial charge in [-0.3, -0.25) is 14.3 Å². The number of hydrogen-bond donors (Lipinski definition) is 2. The molecule has 0 radical (unpaired) electrons. The van der Waals surface area contributed by atoms with Crippen molar-refractivity contribution < 1.29 is 14.7 Å². The standard InChI is InChI=1S/C29H36N6O3/c1-33(20-29(38)14-16-35(17-15-29)26(37)13-10-22-6-4-3-5-7-22)21-31-27-25(19-36)32-34(2)28(27)24-11-8-23(18-30)9-12-24/h3-9,11-12,19,21,38H,10,13-18,20,30H2,1-2H3. The molecule has 0 bridgehead atoms. The van der Waals surface area contributed by atoms with E-state index in [4.69, 9.17) is 5.73 Å². The molecule has 1 aliphatic rings. The minimum atomic E-state index is -0.930. The van der Waals surface area contributed by atoms with E-state index in [2.05, 4.69) is 10.1 Å². The van der Waals surface area contributed by atoms with Crippen LogP contribution >= 0.6 is 0 Å². The first-order chi connectivity index (χ1) is 18.3. The Morgan fingerprint density at radius 3 is 2.45 bits per heavy atom. The van der Waals surface area contributed by atoms with Gasteiger partial charge in [-0.1, -0.05) is 54.6 Å². The summed E-state index contributed by atoms with van der Waals surface area (Å²) in [5, 5.41) is 15.5. The number of aryl methyl sites for hydroxylation is 2. The van der Waals surface area contributed by atoms with Crippen LogP contribution in [-0.4, -0.2) is 75.5 Å². The molecule has 1 fully saturated rings. The van der Waals surface area contributed by atoms with Gasteiger partial charge in [-0.25, -0.2) is 4.99 Å². The highest BCUT2D eigenvalue weighted by Gasteiger charge is 2.34. The molecule has 0 atom stereocenters. The van der Waals surface area contributed by atoms with E-state index in [0.717, 1.165) is 28.8 Å². The Hall–Kier alpha value is -3.82. The van der Waals surface area contributed by atoms with Crippen molar-refractivity contribution in [3.05, 3.63) is 71.4 Å². The van der Waals surface area contributed by atoms with E-state index in [1.807, 2.05) is 71.4 Å². The van der Waals surface area contributed by atoms with Crippen molar-refractivity contribution in [3.63, 3.8) is 0 Å². The molecular formula is C29H36N6O3. The molecule has 2 aromatic carbocycles. The third-order valence-corrected chi connectivity index (χ3v) is 7.07. The molecule has 38 heavy (non-hydrogen) atoms. The smallest absolute Gasteiger partial charge is 0.222 e. The number of piperidine rings is 1. The van der Waals surface area contributed by atoms with Crippen LogP contribution in [0.5, 0.6) is 0 Å². The van der Waals surface area contributed by atoms with Crippen LogP contribution < -0.4 is 5.73 Å². The van der Waals surface area contributed by atoms with Crippen molar-refractivity contribution in [2.24, 2.45) is 17.8 Å². The molecule has 1 aromatic heterocycles. The van der Waals surface area contributed by atoms with Crippen LogP contribution in [0.2, 0.25) is 0 Å². The molecule has 4 rings (SSSR count). The first-order valence-corrected chi connectivity index (χ1v) is 12.9. The lowest BCUT2D eigenvalue weighted by molar-refractivity contribution is -0.135. The first kappa shape index (κ1) is 27.2. The van der Waals surface area contributed by atoms with Crippen LogP contribution in [0.25, 0.3) is 11.3 Å². The van der Waals surface area contributed by atoms with Gasteiger partial charge in [0.25, 0.3) is 0 Å². The fourth-order valence-electron chi connectivity index (χ4n) is 4.91. The Labute approximate surface area is 223 Å². The quantitative estimate of drug-likeness (QED) is 0.243. The first-order valence-electron chi connectivity index (χ1n) is 12.9. The minimum Gasteiger partial charge on any atom is -0.388 e. The lowest BCUT2D eigenvalue weighted by Crippen LogP contribution is -2.51. The summed E-state index contributed by atoms with van der Waals surface area (Å²) in [6.45, 7) is 1.86. The van der Waals surface area contributed by atoms with E-state index in [1.54, 1.807) is 18.1 Å². The number of aromatic nitrogens is 2. The van der Waals surface area contributed by atoms with E-state index >= 15 is 0 Å². The molecule has 0 unspecified atom stereocenters. The third kappa shape index (κ3) is 6.54. The molecular weight excluding hydrogens is 480 g/mol. The number of aliphatic hydroxyl groups is 1. The molecule has 9 heteroatoms. The second-order valence-electron chi connectivity index (χ2n) is 9.98. The summed E-state index contributed by atoms with van der Waals surface area (Å²) in [5.41, 5.74) is 9.27. The van der Waals surface area contributed by atoms with Gasteiger partial charge in [0.05, 0.1) is 17.6 Å². The molecule has 3 N–H and O–H groups in total. The number of benzene rings is 2. The molecule has 1 saturated heterocycles. The SMILES string of the molecule is CN(C=Nc1c(C=O)nn(C)c1-c1ccc(CN)cc1)CC1(O)CCN(C(=O)CCc2ccccc2)CC1. The molecule has 3 aromatic rings. The molecule has 0 aliphatic carbocycles. The maximum atomic E-state index is 12.7. The van der Waals surface area contributed by atoms with Crippen LogP contribution in [-0.2, 0) is 24.8 Å². The number of likely N-dealkylation sites (N-methyl/N-ethyl adjacent to an activating group) is 1. The van der Waals surface area contributed by atoms with Crippen molar-refractivity contribution in [1.29, 1.82) is 0 Å². The number of nitrogens with zero attached hydrogens (tertiary/aromatic N) is 5. The van der Waals surface area contributed by atoms with Crippen LogP contribution in [0, 0.1) is 0 Å². The maximum absolute atomic E-state index is 12.7. The number of aliphatic imine (C=N–C) groups is 1. The zero-order valence-corrected chi connectivity index (χ0v) is 22.1. The van der Waals surface area contributed by atoms with Crippen molar-refractivity contribution in [3.8, 4) is 11.3 Å². The van der Waals surface area contributed by atoms with E-state index in [9.17, 15) is 14.7 Å². The molecule has 200 valence electrons. The Balaban J connectivity index is 1.36. The second-order valence-corrected chi connectivity index (χ2v) is 9.98. The summed E-state index contributed by atoms with van der Waals surface area (Å²) in [7, 11) is 3.62. The monoisotopic (exact) mass is 516 g/mol. The highest BCUT2D eigenvalue weighted by Crippen LogP contribution is 2.33. The molecule has 9 nitrogen and oxygen atoms in total. The number of carbonyl (C=O) groups is 2. The van der Waals surface area contributed by atoms with Crippen LogP contribution in [0.15, 0.2) is 59.6 Å². The normalized spacial score (nSPS) is 15.1. The number of aldehydes is 1. The lowest BCUT2D eigenvalue weighted by Gasteiger charge is -2.39. The van der Waals surface area contributed by atoms with Gasteiger partial charge in [-0.15, -0.1) is 0 Å². The van der Waals surface area contributed by atoms with Gasteiger partial charge < -0.3 is 20.6 Å².